The quantitative estimate of drug-likeness (QED) is 0.887. The number of hydrogen-bond donors (Lipinski definition) is 2. The van der Waals surface area contributed by atoms with E-state index in [0.29, 0.717) is 0 Å². The van der Waals surface area contributed by atoms with Crippen molar-refractivity contribution in [2.75, 3.05) is 33.2 Å². The second kappa shape index (κ2) is 13.7. The predicted octanol–water partition coefficient (Wildman–Crippen LogP) is 2.27. The van der Waals surface area contributed by atoms with Crippen molar-refractivity contribution in [1.29, 1.82) is 0 Å². The molecule has 0 aliphatic carbocycles. The molecule has 0 bridgehead atoms. The summed E-state index contributed by atoms with van der Waals surface area (Å²) in [6.45, 7) is 9.60. The Bertz CT molecular complexity index is 476. The van der Waals surface area contributed by atoms with Gasteiger partial charge < -0.3 is 16.0 Å². The highest BCUT2D eigenvalue weighted by Gasteiger charge is 1.97. The molecule has 0 unspecified atom stereocenters. The van der Waals surface area contributed by atoms with Crippen LogP contribution in [0.2, 0.25) is 0 Å². The van der Waals surface area contributed by atoms with Gasteiger partial charge in [-0.3, -0.25) is 9.78 Å². The first kappa shape index (κ1) is 21.0. The largest absolute Gasteiger partial charge is 0.355 e. The van der Waals surface area contributed by atoms with E-state index in [2.05, 4.69) is 46.9 Å². The number of rotatable bonds is 5. The number of benzene rings is 1. The molecule has 1 heterocycles. The van der Waals surface area contributed by atoms with E-state index in [1.54, 1.807) is 6.92 Å². The molecule has 0 aliphatic heterocycles. The van der Waals surface area contributed by atoms with Crippen molar-refractivity contribution in [3.8, 4) is 0 Å². The minimum atomic E-state index is 0.0529. The van der Waals surface area contributed by atoms with Gasteiger partial charge in [0.15, 0.2) is 0 Å². The number of fused-ring (bicyclic) bond motifs is 1. The zero-order valence-corrected chi connectivity index (χ0v) is 14.7. The number of nitrogens with two attached hydrogens (primary N) is 1. The summed E-state index contributed by atoms with van der Waals surface area (Å²) in [6, 6.07) is 12.1. The highest BCUT2D eigenvalue weighted by Crippen LogP contribution is 2.07. The van der Waals surface area contributed by atoms with Crippen molar-refractivity contribution in [1.82, 2.24) is 15.2 Å². The maximum Gasteiger partial charge on any atom is 0.216 e. The second-order valence-corrected chi connectivity index (χ2v) is 4.71. The van der Waals surface area contributed by atoms with Crippen LogP contribution in [0.15, 0.2) is 42.6 Å². The Morgan fingerprint density at radius 3 is 2.30 bits per heavy atom. The lowest BCUT2D eigenvalue weighted by atomic mass is 10.2. The monoisotopic (exact) mass is 318 g/mol. The highest BCUT2D eigenvalue weighted by atomic mass is 16.1. The Morgan fingerprint density at radius 1 is 1.13 bits per heavy atom. The lowest BCUT2D eigenvalue weighted by molar-refractivity contribution is -0.119. The van der Waals surface area contributed by atoms with Gasteiger partial charge in [-0.25, -0.2) is 0 Å². The summed E-state index contributed by atoms with van der Waals surface area (Å²) in [5.74, 6) is 0.0529. The van der Waals surface area contributed by atoms with E-state index in [1.165, 1.54) is 12.4 Å². The third-order valence-corrected chi connectivity index (χ3v) is 3.21. The average molecular weight is 318 g/mol. The van der Waals surface area contributed by atoms with Gasteiger partial charge in [-0.1, -0.05) is 38.1 Å². The summed E-state index contributed by atoms with van der Waals surface area (Å²) in [5, 5.41) is 3.96. The smallest absolute Gasteiger partial charge is 0.216 e. The van der Waals surface area contributed by atoms with Crippen molar-refractivity contribution < 1.29 is 4.79 Å². The first-order valence-electron chi connectivity index (χ1n) is 8.01. The molecule has 2 rings (SSSR count). The van der Waals surface area contributed by atoms with Crippen LogP contribution in [0.3, 0.4) is 0 Å². The number of nitrogens with zero attached hydrogens (tertiary/aromatic N) is 2. The molecule has 0 saturated heterocycles. The first-order valence-corrected chi connectivity index (χ1v) is 8.01. The fraction of sp³-hybridized carbons (Fsp3) is 0.444. The van der Waals surface area contributed by atoms with E-state index in [1.807, 2.05) is 30.5 Å². The van der Waals surface area contributed by atoms with Crippen LogP contribution in [-0.4, -0.2) is 49.0 Å². The molecule has 1 amide bonds. The van der Waals surface area contributed by atoms with Crippen LogP contribution in [0.5, 0.6) is 0 Å². The van der Waals surface area contributed by atoms with Gasteiger partial charge in [0.25, 0.3) is 0 Å². The van der Waals surface area contributed by atoms with Gasteiger partial charge in [-0.15, -0.1) is 0 Å². The molecule has 128 valence electrons. The minimum Gasteiger partial charge on any atom is -0.355 e. The van der Waals surface area contributed by atoms with E-state index in [0.717, 1.165) is 31.7 Å². The number of para-hydroxylation sites is 1. The molecule has 1 aromatic heterocycles. The molecule has 0 atom stereocenters. The van der Waals surface area contributed by atoms with Gasteiger partial charge in [0.05, 0.1) is 5.52 Å². The van der Waals surface area contributed by atoms with Crippen molar-refractivity contribution in [3.63, 3.8) is 0 Å². The molecule has 5 nitrogen and oxygen atoms in total. The van der Waals surface area contributed by atoms with Crippen molar-refractivity contribution >= 4 is 16.8 Å². The summed E-state index contributed by atoms with van der Waals surface area (Å²) >= 11 is 0. The van der Waals surface area contributed by atoms with Gasteiger partial charge in [0.1, 0.15) is 0 Å². The number of amides is 1. The number of aromatic nitrogens is 1. The number of likely N-dealkylation sites (N-methyl/N-ethyl adjacent to an activating group) is 1. The SMILES string of the molecule is CCN(CC)CCNC(C)=O.CN.c1ccc2ncccc2c1. The van der Waals surface area contributed by atoms with Crippen LogP contribution in [0, 0.1) is 0 Å². The fourth-order valence-electron chi connectivity index (χ4n) is 1.95. The van der Waals surface area contributed by atoms with E-state index in [-0.39, 0.29) is 5.91 Å². The Kier molecular flexibility index (Phi) is 12.5. The lowest BCUT2D eigenvalue weighted by Gasteiger charge is -2.17. The summed E-state index contributed by atoms with van der Waals surface area (Å²) in [5.41, 5.74) is 5.56. The van der Waals surface area contributed by atoms with Gasteiger partial charge in [-0.05, 0) is 32.3 Å². The number of carbonyl (C=O) groups is 1. The fourth-order valence-corrected chi connectivity index (χ4v) is 1.95. The molecule has 0 radical (unpaired) electrons. The lowest BCUT2D eigenvalue weighted by Crippen LogP contribution is -2.33. The molecule has 5 heteroatoms. The Hall–Kier alpha value is -1.98. The van der Waals surface area contributed by atoms with Crippen molar-refractivity contribution in [2.45, 2.75) is 20.8 Å². The molecule has 0 spiro atoms. The van der Waals surface area contributed by atoms with Crippen LogP contribution in [0.1, 0.15) is 20.8 Å². The molecule has 0 aliphatic rings. The molecule has 0 saturated carbocycles. The Morgan fingerprint density at radius 2 is 1.74 bits per heavy atom. The zero-order chi connectivity index (χ0) is 17.5. The van der Waals surface area contributed by atoms with E-state index < -0.39 is 0 Å². The van der Waals surface area contributed by atoms with Crippen molar-refractivity contribution in [2.24, 2.45) is 5.73 Å². The van der Waals surface area contributed by atoms with Crippen LogP contribution in [-0.2, 0) is 4.79 Å². The molecule has 3 N–H and O–H groups in total. The average Bonchev–Trinajstić information content (AvgIpc) is 2.61. The molecule has 23 heavy (non-hydrogen) atoms. The number of hydrogen-bond acceptors (Lipinski definition) is 4. The van der Waals surface area contributed by atoms with Crippen molar-refractivity contribution in [3.05, 3.63) is 42.6 Å². The highest BCUT2D eigenvalue weighted by molar-refractivity contribution is 5.77. The van der Waals surface area contributed by atoms with Gasteiger partial charge in [0, 0.05) is 31.6 Å². The van der Waals surface area contributed by atoms with E-state index in [9.17, 15) is 4.79 Å². The number of nitrogens with one attached hydrogen (secondary N) is 1. The Balaban J connectivity index is 0.000000380. The van der Waals surface area contributed by atoms with Gasteiger partial charge >= 0.3 is 0 Å². The maximum absolute atomic E-state index is 10.5. The number of carbonyl (C=O) groups excluding carboxylic acids is 1. The molecule has 1 aromatic carbocycles. The van der Waals surface area contributed by atoms with Crippen LogP contribution >= 0.6 is 0 Å². The standard InChI is InChI=1S/C9H7N.C8H18N2O.CH5N/c1-2-6-9-8(4-1)5-3-7-10-9;1-4-10(5-2)7-6-9-8(3)11;1-2/h1-7H;4-7H2,1-3H3,(H,9,11);2H2,1H3. The second-order valence-electron chi connectivity index (χ2n) is 4.71. The minimum absolute atomic E-state index is 0.0529. The Labute approximate surface area is 139 Å². The third-order valence-electron chi connectivity index (χ3n) is 3.21. The molecule has 0 fully saturated rings. The predicted molar refractivity (Wildman–Crippen MR) is 98.3 cm³/mol. The molecule has 2 aromatic rings. The summed E-state index contributed by atoms with van der Waals surface area (Å²) < 4.78 is 0. The van der Waals surface area contributed by atoms with E-state index >= 15 is 0 Å². The normalized spacial score (nSPS) is 9.48. The van der Waals surface area contributed by atoms with E-state index in [4.69, 9.17) is 0 Å². The summed E-state index contributed by atoms with van der Waals surface area (Å²) in [4.78, 5) is 16.9. The number of pyridine rings is 1. The zero-order valence-electron chi connectivity index (χ0n) is 14.7. The summed E-state index contributed by atoms with van der Waals surface area (Å²) in [6.07, 6.45) is 1.81. The third kappa shape index (κ3) is 9.60. The molecular formula is C18H30N4O. The topological polar surface area (TPSA) is 71.2 Å². The first-order chi connectivity index (χ1) is 11.2. The molecular weight excluding hydrogens is 288 g/mol. The van der Waals surface area contributed by atoms with Crippen LogP contribution < -0.4 is 11.1 Å². The van der Waals surface area contributed by atoms with Crippen LogP contribution in [0.25, 0.3) is 10.9 Å². The van der Waals surface area contributed by atoms with Gasteiger partial charge in [-0.2, -0.15) is 0 Å². The van der Waals surface area contributed by atoms with Gasteiger partial charge in [0.2, 0.25) is 5.91 Å². The summed E-state index contributed by atoms with van der Waals surface area (Å²) in [7, 11) is 1.50. The maximum atomic E-state index is 10.5. The van der Waals surface area contributed by atoms with Crippen LogP contribution in [0.4, 0.5) is 0 Å².